The Bertz CT molecular complexity index is 2000. The Morgan fingerprint density at radius 2 is 1.63 bits per heavy atom. The minimum atomic E-state index is -0.279. The molecule has 0 atom stereocenters. The molecule has 0 aliphatic carbocycles. The van der Waals surface area contributed by atoms with Crippen molar-refractivity contribution in [2.45, 2.75) is 79.6 Å². The molecule has 266 valence electrons. The third-order valence-corrected chi connectivity index (χ3v) is 9.08. The van der Waals surface area contributed by atoms with E-state index in [1.165, 1.54) is 0 Å². The van der Waals surface area contributed by atoms with Crippen LogP contribution in [0, 0.1) is 6.92 Å². The van der Waals surface area contributed by atoms with Gasteiger partial charge in [0.1, 0.15) is 6.29 Å². The Balaban J connectivity index is 0.00000248. The highest BCUT2D eigenvalue weighted by Gasteiger charge is 2.22. The van der Waals surface area contributed by atoms with Crippen molar-refractivity contribution < 1.29 is 19.1 Å². The molecule has 0 unspecified atom stereocenters. The van der Waals surface area contributed by atoms with Crippen LogP contribution in [-0.4, -0.2) is 52.1 Å². The number of aromatic nitrogens is 3. The molecule has 0 bridgehead atoms. The van der Waals surface area contributed by atoms with E-state index >= 15 is 0 Å². The number of carbonyl (C=O) groups excluding carboxylic acids is 3. The van der Waals surface area contributed by atoms with Crippen LogP contribution in [0.4, 0.5) is 5.69 Å². The van der Waals surface area contributed by atoms with Crippen LogP contribution in [0.2, 0.25) is 0 Å². The highest BCUT2D eigenvalue weighted by atomic mass is 16.5. The van der Waals surface area contributed by atoms with E-state index in [0.717, 1.165) is 69.4 Å². The number of hydrogen-bond donors (Lipinski definition) is 3. The summed E-state index contributed by atoms with van der Waals surface area (Å²) in [6.07, 6.45) is 5.18. The van der Waals surface area contributed by atoms with Crippen molar-refractivity contribution in [1.82, 2.24) is 25.4 Å². The summed E-state index contributed by atoms with van der Waals surface area (Å²) in [5.74, 6) is -0.558. The predicted octanol–water partition coefficient (Wildman–Crippen LogP) is 7.28. The van der Waals surface area contributed by atoms with Crippen LogP contribution in [0.15, 0.2) is 72.9 Å². The quantitative estimate of drug-likeness (QED) is 0.118. The Kier molecular flexibility index (Phi) is 12.7. The van der Waals surface area contributed by atoms with Gasteiger partial charge in [-0.25, -0.2) is 9.67 Å². The standard InChI is InChI=1S/C39H42N6O4.C2H6/c1-4-35-33(36(43-31-14-16-49-17-15-31)34-23-42-45(5-2)37(34)44-35)22-41-39(48)30-11-7-10-29(20-30)38(47)40-21-26-13-12-25(3)32(19-26)28-9-6-8-27(18-28)24-46;1-2/h6-13,18-20,23-24,31H,4-5,14-17,21-22H2,1-3H3,(H,40,47)(H,41,48)(H,43,44);1-2H3. The van der Waals surface area contributed by atoms with Gasteiger partial charge >= 0.3 is 0 Å². The lowest BCUT2D eigenvalue weighted by Gasteiger charge is -2.26. The van der Waals surface area contributed by atoms with E-state index < -0.39 is 0 Å². The number of aldehydes is 1. The SMILES string of the molecule is CC.CCc1nc2c(cnn2CC)c(NC2CCOCC2)c1CNC(=O)c1cccc(C(=O)NCc2ccc(C)c(-c3cccc(C=O)c3)c2)c1. The Labute approximate surface area is 300 Å². The fourth-order valence-electron chi connectivity index (χ4n) is 6.33. The zero-order valence-corrected chi connectivity index (χ0v) is 30.2. The summed E-state index contributed by atoms with van der Waals surface area (Å²) in [4.78, 5) is 43.0. The van der Waals surface area contributed by atoms with Crippen LogP contribution in [0.5, 0.6) is 0 Å². The highest BCUT2D eigenvalue weighted by molar-refractivity contribution is 6.00. The molecule has 10 nitrogen and oxygen atoms in total. The van der Waals surface area contributed by atoms with Gasteiger partial charge in [-0.3, -0.25) is 14.4 Å². The third kappa shape index (κ3) is 8.69. The highest BCUT2D eigenvalue weighted by Crippen LogP contribution is 2.31. The Morgan fingerprint density at radius 1 is 0.922 bits per heavy atom. The van der Waals surface area contributed by atoms with Gasteiger partial charge in [-0.2, -0.15) is 5.10 Å². The number of anilines is 1. The van der Waals surface area contributed by atoms with Gasteiger partial charge in [0, 0.05) is 66.8 Å². The number of aryl methyl sites for hydroxylation is 3. The predicted molar refractivity (Wildman–Crippen MR) is 202 cm³/mol. The van der Waals surface area contributed by atoms with Crippen LogP contribution in [0.1, 0.15) is 94.0 Å². The second-order valence-corrected chi connectivity index (χ2v) is 12.3. The average Bonchev–Trinajstić information content (AvgIpc) is 3.60. The number of nitrogens with one attached hydrogen (secondary N) is 3. The monoisotopic (exact) mass is 688 g/mol. The molecule has 0 spiro atoms. The maximum Gasteiger partial charge on any atom is 0.251 e. The van der Waals surface area contributed by atoms with Crippen molar-refractivity contribution in [3.63, 3.8) is 0 Å². The van der Waals surface area contributed by atoms with Crippen molar-refractivity contribution in [2.75, 3.05) is 18.5 Å². The topological polar surface area (TPSA) is 127 Å². The summed E-state index contributed by atoms with van der Waals surface area (Å²) in [6, 6.07) is 20.5. The lowest BCUT2D eigenvalue weighted by atomic mass is 9.97. The van der Waals surface area contributed by atoms with Crippen molar-refractivity contribution in [3.05, 3.63) is 112 Å². The van der Waals surface area contributed by atoms with Gasteiger partial charge in [0.25, 0.3) is 11.8 Å². The number of amides is 2. The second-order valence-electron chi connectivity index (χ2n) is 12.3. The molecule has 0 saturated carbocycles. The van der Waals surface area contributed by atoms with Gasteiger partial charge < -0.3 is 20.7 Å². The lowest BCUT2D eigenvalue weighted by Crippen LogP contribution is -2.30. The summed E-state index contributed by atoms with van der Waals surface area (Å²) in [5, 5.41) is 15.3. The van der Waals surface area contributed by atoms with Crippen molar-refractivity contribution in [3.8, 4) is 11.1 Å². The van der Waals surface area contributed by atoms with E-state index in [2.05, 4.69) is 28.0 Å². The summed E-state index contributed by atoms with van der Waals surface area (Å²) >= 11 is 0. The molecule has 3 heterocycles. The molecule has 1 fully saturated rings. The number of fused-ring (bicyclic) bond motifs is 1. The number of pyridine rings is 1. The molecule has 1 saturated heterocycles. The maximum atomic E-state index is 13.5. The van der Waals surface area contributed by atoms with Crippen LogP contribution in [0.3, 0.4) is 0 Å². The molecule has 2 amide bonds. The van der Waals surface area contributed by atoms with Crippen molar-refractivity contribution in [2.24, 2.45) is 0 Å². The largest absolute Gasteiger partial charge is 0.381 e. The molecule has 10 heteroatoms. The maximum absolute atomic E-state index is 13.5. The van der Waals surface area contributed by atoms with E-state index in [0.29, 0.717) is 49.4 Å². The average molecular weight is 689 g/mol. The fraction of sp³-hybridized carbons (Fsp3) is 0.341. The van der Waals surface area contributed by atoms with E-state index in [4.69, 9.17) is 9.72 Å². The van der Waals surface area contributed by atoms with Crippen LogP contribution >= 0.6 is 0 Å². The van der Waals surface area contributed by atoms with E-state index in [-0.39, 0.29) is 24.4 Å². The number of hydrogen-bond acceptors (Lipinski definition) is 7. The Morgan fingerprint density at radius 3 is 2.31 bits per heavy atom. The lowest BCUT2D eigenvalue weighted by molar-refractivity contribution is 0.0904. The summed E-state index contributed by atoms with van der Waals surface area (Å²) < 4.78 is 7.48. The van der Waals surface area contributed by atoms with E-state index in [1.54, 1.807) is 30.3 Å². The van der Waals surface area contributed by atoms with E-state index in [1.807, 2.05) is 75.0 Å². The molecule has 5 aromatic rings. The number of carbonyl (C=O) groups is 3. The zero-order valence-electron chi connectivity index (χ0n) is 30.2. The van der Waals surface area contributed by atoms with Gasteiger partial charge in [0.2, 0.25) is 0 Å². The Hall–Kier alpha value is -5.35. The molecule has 2 aromatic heterocycles. The van der Waals surface area contributed by atoms with Crippen LogP contribution in [-0.2, 0) is 30.8 Å². The number of benzene rings is 3. The summed E-state index contributed by atoms with van der Waals surface area (Å²) in [5.41, 5.74) is 8.96. The van der Waals surface area contributed by atoms with Gasteiger partial charge in [-0.15, -0.1) is 0 Å². The number of nitrogens with zero attached hydrogens (tertiary/aromatic N) is 3. The molecule has 1 aliphatic rings. The van der Waals surface area contributed by atoms with Crippen molar-refractivity contribution in [1.29, 1.82) is 0 Å². The third-order valence-electron chi connectivity index (χ3n) is 9.08. The molecule has 6 rings (SSSR count). The first kappa shape index (κ1) is 36.9. The normalized spacial score (nSPS) is 12.9. The summed E-state index contributed by atoms with van der Waals surface area (Å²) in [6.45, 7) is 12.8. The minimum Gasteiger partial charge on any atom is -0.381 e. The fourth-order valence-corrected chi connectivity index (χ4v) is 6.33. The first-order valence-electron chi connectivity index (χ1n) is 17.9. The van der Waals surface area contributed by atoms with Crippen molar-refractivity contribution >= 4 is 34.8 Å². The molecule has 3 N–H and O–H groups in total. The summed E-state index contributed by atoms with van der Waals surface area (Å²) in [7, 11) is 0. The molecule has 1 aliphatic heterocycles. The van der Waals surface area contributed by atoms with Crippen LogP contribution in [0.25, 0.3) is 22.2 Å². The molecular formula is C41H48N6O4. The molecule has 51 heavy (non-hydrogen) atoms. The minimum absolute atomic E-state index is 0.249. The first-order valence-corrected chi connectivity index (χ1v) is 17.9. The van der Waals surface area contributed by atoms with Gasteiger partial charge in [-0.1, -0.05) is 57.2 Å². The smallest absolute Gasteiger partial charge is 0.251 e. The molecule has 3 aromatic carbocycles. The molecular weight excluding hydrogens is 640 g/mol. The number of rotatable bonds is 12. The second kappa shape index (κ2) is 17.5. The first-order chi connectivity index (χ1) is 24.9. The van der Waals surface area contributed by atoms with E-state index in [9.17, 15) is 14.4 Å². The van der Waals surface area contributed by atoms with Gasteiger partial charge in [0.15, 0.2) is 5.65 Å². The van der Waals surface area contributed by atoms with Gasteiger partial charge in [0.05, 0.1) is 17.3 Å². The molecule has 0 radical (unpaired) electrons. The van der Waals surface area contributed by atoms with Gasteiger partial charge in [-0.05, 0) is 85.7 Å². The van der Waals surface area contributed by atoms with Crippen LogP contribution < -0.4 is 16.0 Å². The number of ether oxygens (including phenoxy) is 1. The zero-order chi connectivity index (χ0) is 36.3.